The number of piperidine rings is 1. The number of anilines is 1. The highest BCUT2D eigenvalue weighted by Gasteiger charge is 2.29. The van der Waals surface area contributed by atoms with Crippen molar-refractivity contribution in [1.29, 1.82) is 0 Å². The second-order valence-corrected chi connectivity index (χ2v) is 9.52. The maximum absolute atomic E-state index is 13.4. The van der Waals surface area contributed by atoms with E-state index in [0.29, 0.717) is 6.54 Å². The van der Waals surface area contributed by atoms with Gasteiger partial charge in [0.15, 0.2) is 5.13 Å². The first-order valence-electron chi connectivity index (χ1n) is 11.2. The Hall–Kier alpha value is -3.18. The zero-order chi connectivity index (χ0) is 21.9. The van der Waals surface area contributed by atoms with Crippen LogP contribution in [0.3, 0.4) is 0 Å². The van der Waals surface area contributed by atoms with E-state index in [-0.39, 0.29) is 17.9 Å². The number of fused-ring (bicyclic) bond motifs is 1. The van der Waals surface area contributed by atoms with E-state index >= 15 is 0 Å². The second kappa shape index (κ2) is 9.13. The number of nitrogens with one attached hydrogen (secondary N) is 1. The number of hydrogen-bond donors (Lipinski definition) is 1. The highest BCUT2D eigenvalue weighted by Crippen LogP contribution is 2.32. The van der Waals surface area contributed by atoms with Crippen LogP contribution in [-0.4, -0.2) is 24.0 Å². The Kier molecular flexibility index (Phi) is 5.91. The van der Waals surface area contributed by atoms with Gasteiger partial charge in [-0.3, -0.25) is 4.79 Å². The van der Waals surface area contributed by atoms with Gasteiger partial charge in [0, 0.05) is 13.1 Å². The minimum absolute atomic E-state index is 0.0487. The lowest BCUT2D eigenvalue weighted by atomic mass is 9.94. The van der Waals surface area contributed by atoms with Crippen molar-refractivity contribution in [2.24, 2.45) is 5.92 Å². The van der Waals surface area contributed by atoms with E-state index in [1.54, 1.807) is 11.3 Å². The summed E-state index contributed by atoms with van der Waals surface area (Å²) in [5.74, 6) is 0.0665. The molecule has 5 heteroatoms. The van der Waals surface area contributed by atoms with Gasteiger partial charge in [-0.25, -0.2) is 4.98 Å². The van der Waals surface area contributed by atoms with Crippen LogP contribution >= 0.6 is 11.3 Å². The molecule has 1 atom stereocenters. The molecule has 0 spiro atoms. The lowest BCUT2D eigenvalue weighted by Gasteiger charge is -2.33. The fraction of sp³-hybridized carbons (Fsp3) is 0.259. The summed E-state index contributed by atoms with van der Waals surface area (Å²) in [5, 5.41) is 4.36. The molecule has 4 nitrogen and oxygen atoms in total. The Balaban J connectivity index is 1.34. The quantitative estimate of drug-likeness (QED) is 0.430. The molecule has 1 saturated heterocycles. The monoisotopic (exact) mass is 441 g/mol. The number of carbonyl (C=O) groups excluding carboxylic acids is 1. The predicted octanol–water partition coefficient (Wildman–Crippen LogP) is 5.73. The second-order valence-electron chi connectivity index (χ2n) is 8.52. The molecule has 4 aromatic rings. The topological polar surface area (TPSA) is 45.2 Å². The molecule has 32 heavy (non-hydrogen) atoms. The van der Waals surface area contributed by atoms with Gasteiger partial charge in [0.1, 0.15) is 0 Å². The van der Waals surface area contributed by atoms with Gasteiger partial charge < -0.3 is 10.2 Å². The fourth-order valence-corrected chi connectivity index (χ4v) is 5.53. The minimum atomic E-state index is -0.147. The smallest absolute Gasteiger partial charge is 0.225 e. The molecule has 5 rings (SSSR count). The van der Waals surface area contributed by atoms with Crippen LogP contribution in [0.4, 0.5) is 5.13 Å². The Labute approximate surface area is 192 Å². The van der Waals surface area contributed by atoms with Crippen LogP contribution in [0.1, 0.15) is 35.6 Å². The number of aromatic nitrogens is 1. The molecule has 1 aromatic heterocycles. The average Bonchev–Trinajstić information content (AvgIpc) is 3.27. The van der Waals surface area contributed by atoms with Crippen molar-refractivity contribution in [2.75, 3.05) is 18.0 Å². The maximum atomic E-state index is 13.4. The third-order valence-corrected chi connectivity index (χ3v) is 7.23. The molecular weight excluding hydrogens is 414 g/mol. The number of rotatable bonds is 5. The molecule has 0 saturated carbocycles. The molecular formula is C27H27N3OS. The number of benzene rings is 3. The van der Waals surface area contributed by atoms with Crippen LogP contribution in [-0.2, 0) is 4.79 Å². The van der Waals surface area contributed by atoms with Crippen LogP contribution in [0.2, 0.25) is 0 Å². The fourth-order valence-electron chi connectivity index (χ4n) is 4.43. The number of hydrogen-bond acceptors (Lipinski definition) is 4. The van der Waals surface area contributed by atoms with Gasteiger partial charge in [0.2, 0.25) is 5.91 Å². The molecule has 1 amide bonds. The van der Waals surface area contributed by atoms with Gasteiger partial charge in [-0.05, 0) is 48.6 Å². The highest BCUT2D eigenvalue weighted by atomic mass is 32.1. The first-order chi connectivity index (χ1) is 15.7. The first kappa shape index (κ1) is 20.7. The normalized spacial score (nSPS) is 16.4. The summed E-state index contributed by atoms with van der Waals surface area (Å²) in [6.45, 7) is 3.76. The Morgan fingerprint density at radius 1 is 1.03 bits per heavy atom. The summed E-state index contributed by atoms with van der Waals surface area (Å²) in [5.41, 5.74) is 4.48. The van der Waals surface area contributed by atoms with Crippen molar-refractivity contribution in [3.8, 4) is 0 Å². The van der Waals surface area contributed by atoms with Crippen molar-refractivity contribution in [2.45, 2.75) is 25.8 Å². The number of thiazole rings is 1. The summed E-state index contributed by atoms with van der Waals surface area (Å²) >= 11 is 1.72. The van der Waals surface area contributed by atoms with Crippen molar-refractivity contribution in [3.63, 3.8) is 0 Å². The van der Waals surface area contributed by atoms with E-state index < -0.39 is 0 Å². The number of aryl methyl sites for hydroxylation is 1. The van der Waals surface area contributed by atoms with E-state index in [9.17, 15) is 4.79 Å². The third kappa shape index (κ3) is 4.39. The number of nitrogens with zero attached hydrogens (tertiary/aromatic N) is 2. The van der Waals surface area contributed by atoms with E-state index in [1.165, 1.54) is 10.3 Å². The summed E-state index contributed by atoms with van der Waals surface area (Å²) in [4.78, 5) is 20.5. The summed E-state index contributed by atoms with van der Waals surface area (Å²) in [6.07, 6.45) is 1.90. The number of carbonyl (C=O) groups is 1. The SMILES string of the molecule is Cc1ccc2nc(N3CCCC(C(=O)NC(c4ccccc4)c4ccccc4)C3)sc2c1. The molecule has 1 aliphatic rings. The molecule has 162 valence electrons. The highest BCUT2D eigenvalue weighted by molar-refractivity contribution is 7.22. The molecule has 1 unspecified atom stereocenters. The van der Waals surface area contributed by atoms with Gasteiger partial charge in [0.05, 0.1) is 22.2 Å². The van der Waals surface area contributed by atoms with Gasteiger partial charge in [-0.1, -0.05) is 78.1 Å². The van der Waals surface area contributed by atoms with E-state index in [4.69, 9.17) is 4.98 Å². The summed E-state index contributed by atoms with van der Waals surface area (Å²) in [6, 6.07) is 26.6. The van der Waals surface area contributed by atoms with Crippen LogP contribution in [0.5, 0.6) is 0 Å². The van der Waals surface area contributed by atoms with Crippen molar-refractivity contribution >= 4 is 32.6 Å². The van der Waals surface area contributed by atoms with Crippen LogP contribution < -0.4 is 10.2 Å². The standard InChI is InChI=1S/C27H27N3OS/c1-19-14-15-23-24(17-19)32-27(28-23)30-16-8-13-22(18-30)26(31)29-25(20-9-4-2-5-10-20)21-11-6-3-7-12-21/h2-7,9-12,14-15,17,22,25H,8,13,16,18H2,1H3,(H,29,31). The average molecular weight is 442 g/mol. The van der Waals surface area contributed by atoms with Crippen molar-refractivity contribution in [1.82, 2.24) is 10.3 Å². The van der Waals surface area contributed by atoms with Crippen LogP contribution in [0.25, 0.3) is 10.2 Å². The molecule has 1 fully saturated rings. The Morgan fingerprint density at radius 2 is 1.72 bits per heavy atom. The first-order valence-corrected chi connectivity index (χ1v) is 12.0. The summed E-state index contributed by atoms with van der Waals surface area (Å²) < 4.78 is 1.21. The minimum Gasteiger partial charge on any atom is -0.347 e. The Morgan fingerprint density at radius 3 is 2.41 bits per heavy atom. The molecule has 1 aliphatic heterocycles. The lowest BCUT2D eigenvalue weighted by Crippen LogP contribution is -2.44. The Bertz CT molecular complexity index is 1170. The largest absolute Gasteiger partial charge is 0.347 e. The molecule has 0 radical (unpaired) electrons. The van der Waals surface area contributed by atoms with Crippen LogP contribution in [0.15, 0.2) is 78.9 Å². The van der Waals surface area contributed by atoms with Gasteiger partial charge in [0.25, 0.3) is 0 Å². The van der Waals surface area contributed by atoms with E-state index in [1.807, 2.05) is 36.4 Å². The molecule has 2 heterocycles. The molecule has 0 bridgehead atoms. The predicted molar refractivity (Wildman–Crippen MR) is 132 cm³/mol. The van der Waals surface area contributed by atoms with Crippen molar-refractivity contribution < 1.29 is 4.79 Å². The van der Waals surface area contributed by atoms with Gasteiger partial charge >= 0.3 is 0 Å². The van der Waals surface area contributed by atoms with Gasteiger partial charge in [-0.2, -0.15) is 0 Å². The maximum Gasteiger partial charge on any atom is 0.225 e. The zero-order valence-electron chi connectivity index (χ0n) is 18.2. The zero-order valence-corrected chi connectivity index (χ0v) is 19.0. The van der Waals surface area contributed by atoms with Crippen molar-refractivity contribution in [3.05, 3.63) is 95.6 Å². The summed E-state index contributed by atoms with van der Waals surface area (Å²) in [7, 11) is 0. The third-order valence-electron chi connectivity index (χ3n) is 6.15. The molecule has 0 aliphatic carbocycles. The van der Waals surface area contributed by atoms with E-state index in [2.05, 4.69) is 59.6 Å². The molecule has 3 aromatic carbocycles. The van der Waals surface area contributed by atoms with Crippen LogP contribution in [0, 0.1) is 12.8 Å². The molecule has 1 N–H and O–H groups in total. The lowest BCUT2D eigenvalue weighted by molar-refractivity contribution is -0.125. The number of amides is 1. The van der Waals surface area contributed by atoms with Gasteiger partial charge in [-0.15, -0.1) is 0 Å². The van der Waals surface area contributed by atoms with E-state index in [0.717, 1.165) is 41.2 Å².